The molecule has 0 bridgehead atoms. The minimum Gasteiger partial charge on any atom is -0.429 e. The molecular formula is C33H23F11O. The minimum atomic E-state index is -5.39. The van der Waals surface area contributed by atoms with Gasteiger partial charge in [0.15, 0.2) is 5.83 Å². The van der Waals surface area contributed by atoms with E-state index in [1.54, 1.807) is 6.92 Å². The Hall–Kier alpha value is -4.35. The summed E-state index contributed by atoms with van der Waals surface area (Å²) in [5.41, 5.74) is -2.46. The number of halogens is 11. The fourth-order valence-electron chi connectivity index (χ4n) is 4.52. The van der Waals surface area contributed by atoms with Crippen molar-refractivity contribution in [2.75, 3.05) is 0 Å². The van der Waals surface area contributed by atoms with Gasteiger partial charge in [0.1, 0.15) is 40.4 Å². The third-order valence-corrected chi connectivity index (χ3v) is 6.82. The minimum absolute atomic E-state index is 0.00942. The van der Waals surface area contributed by atoms with Gasteiger partial charge in [-0.3, -0.25) is 0 Å². The largest absolute Gasteiger partial charge is 0.429 e. The summed E-state index contributed by atoms with van der Waals surface area (Å²) in [5.74, 6) is -9.11. The standard InChI is InChI=1S/C33H23F11O/c1-2-3-25(34)31(39)20-9-7-19(8-10-20)21-14-26(35)24(27(36)15-21)13-6-18-4-11-22(12-5-18)33(43,44)45-23-16-28(37)30(29(38)17-23)32(40,41)42/h4-5,7-12,14-17H,2-3,6,13H2,1H3. The second kappa shape index (κ2) is 13.3. The predicted molar refractivity (Wildman–Crippen MR) is 146 cm³/mol. The van der Waals surface area contributed by atoms with E-state index in [-0.39, 0.29) is 48.1 Å². The summed E-state index contributed by atoms with van der Waals surface area (Å²) < 4.78 is 157. The Kier molecular flexibility index (Phi) is 9.94. The average molecular weight is 645 g/mol. The smallest absolute Gasteiger partial charge is 0.426 e. The molecule has 12 heteroatoms. The van der Waals surface area contributed by atoms with Crippen molar-refractivity contribution in [2.45, 2.75) is 44.9 Å². The van der Waals surface area contributed by atoms with Gasteiger partial charge in [0.05, 0.1) is 5.56 Å². The lowest BCUT2D eigenvalue weighted by Crippen LogP contribution is -2.22. The molecule has 0 heterocycles. The van der Waals surface area contributed by atoms with Crippen LogP contribution in [0.4, 0.5) is 48.3 Å². The van der Waals surface area contributed by atoms with Gasteiger partial charge >= 0.3 is 12.3 Å². The Bertz CT molecular complexity index is 1640. The summed E-state index contributed by atoms with van der Waals surface area (Å²) in [7, 11) is 0. The summed E-state index contributed by atoms with van der Waals surface area (Å²) >= 11 is 0. The zero-order valence-corrected chi connectivity index (χ0v) is 23.3. The van der Waals surface area contributed by atoms with Crippen molar-refractivity contribution in [2.24, 2.45) is 0 Å². The lowest BCUT2D eigenvalue weighted by Gasteiger charge is -2.19. The van der Waals surface area contributed by atoms with Crippen molar-refractivity contribution in [1.29, 1.82) is 0 Å². The highest BCUT2D eigenvalue weighted by Crippen LogP contribution is 2.38. The molecule has 0 amide bonds. The molecule has 0 aromatic heterocycles. The van der Waals surface area contributed by atoms with Gasteiger partial charge in [-0.2, -0.15) is 22.0 Å². The van der Waals surface area contributed by atoms with Crippen LogP contribution >= 0.6 is 0 Å². The summed E-state index contributed by atoms with van der Waals surface area (Å²) in [6.45, 7) is 1.70. The van der Waals surface area contributed by atoms with E-state index < -0.39 is 64.1 Å². The van der Waals surface area contributed by atoms with Crippen molar-refractivity contribution in [3.05, 3.63) is 130 Å². The van der Waals surface area contributed by atoms with Crippen LogP contribution in [0.15, 0.2) is 78.6 Å². The van der Waals surface area contributed by atoms with E-state index in [1.165, 1.54) is 36.4 Å². The molecule has 4 aromatic carbocycles. The van der Waals surface area contributed by atoms with E-state index in [2.05, 4.69) is 4.74 Å². The topological polar surface area (TPSA) is 9.23 Å². The van der Waals surface area contributed by atoms with Gasteiger partial charge in [-0.1, -0.05) is 43.3 Å². The molecule has 1 nitrogen and oxygen atoms in total. The van der Waals surface area contributed by atoms with Gasteiger partial charge in [0.25, 0.3) is 0 Å². The molecule has 0 spiro atoms. The summed E-state index contributed by atoms with van der Waals surface area (Å²) in [6.07, 6.45) is -9.39. The Morgan fingerprint density at radius 2 is 1.22 bits per heavy atom. The molecular weight excluding hydrogens is 621 g/mol. The normalized spacial score (nSPS) is 12.7. The number of ether oxygens (including phenoxy) is 1. The molecule has 0 atom stereocenters. The maximum atomic E-state index is 14.9. The van der Waals surface area contributed by atoms with Crippen LogP contribution in [0, 0.1) is 23.3 Å². The molecule has 0 aliphatic heterocycles. The van der Waals surface area contributed by atoms with Crippen LogP contribution in [0.2, 0.25) is 0 Å². The van der Waals surface area contributed by atoms with Gasteiger partial charge < -0.3 is 4.74 Å². The molecule has 0 aliphatic rings. The van der Waals surface area contributed by atoms with Crippen molar-refractivity contribution in [3.8, 4) is 16.9 Å². The zero-order chi connectivity index (χ0) is 33.1. The summed E-state index contributed by atoms with van der Waals surface area (Å²) in [5, 5.41) is 0. The van der Waals surface area contributed by atoms with E-state index in [1.807, 2.05) is 0 Å². The van der Waals surface area contributed by atoms with E-state index in [0.29, 0.717) is 17.5 Å². The Morgan fingerprint density at radius 1 is 0.667 bits per heavy atom. The van der Waals surface area contributed by atoms with Crippen LogP contribution in [0.3, 0.4) is 0 Å². The van der Waals surface area contributed by atoms with Crippen LogP contribution in [-0.4, -0.2) is 0 Å². The monoisotopic (exact) mass is 644 g/mol. The number of alkyl halides is 5. The first kappa shape index (κ1) is 33.5. The molecule has 0 radical (unpaired) electrons. The second-order valence-electron chi connectivity index (χ2n) is 10.0. The lowest BCUT2D eigenvalue weighted by molar-refractivity contribution is -0.185. The maximum absolute atomic E-state index is 14.9. The van der Waals surface area contributed by atoms with Gasteiger partial charge in [0.2, 0.25) is 0 Å². The molecule has 45 heavy (non-hydrogen) atoms. The van der Waals surface area contributed by atoms with E-state index >= 15 is 0 Å². The fourth-order valence-corrected chi connectivity index (χ4v) is 4.52. The summed E-state index contributed by atoms with van der Waals surface area (Å²) in [6, 6.07) is 11.7. The summed E-state index contributed by atoms with van der Waals surface area (Å²) in [4.78, 5) is 0. The Balaban J connectivity index is 1.44. The highest BCUT2D eigenvalue weighted by molar-refractivity contribution is 5.69. The van der Waals surface area contributed by atoms with Crippen LogP contribution in [-0.2, 0) is 25.1 Å². The number of hydrogen-bond donors (Lipinski definition) is 0. The molecule has 0 saturated heterocycles. The number of rotatable bonds is 10. The number of hydrogen-bond acceptors (Lipinski definition) is 1. The van der Waals surface area contributed by atoms with Gasteiger partial charge in [-0.05, 0) is 60.2 Å². The predicted octanol–water partition coefficient (Wildman–Crippen LogP) is 11.2. The molecule has 4 rings (SSSR count). The molecule has 0 aliphatic carbocycles. The third kappa shape index (κ3) is 7.84. The molecule has 4 aromatic rings. The second-order valence-corrected chi connectivity index (χ2v) is 10.0. The molecule has 0 fully saturated rings. The molecule has 0 unspecified atom stereocenters. The van der Waals surface area contributed by atoms with Gasteiger partial charge in [-0.15, -0.1) is 0 Å². The van der Waals surface area contributed by atoms with E-state index in [4.69, 9.17) is 0 Å². The number of benzene rings is 4. The highest BCUT2D eigenvalue weighted by Gasteiger charge is 2.40. The van der Waals surface area contributed by atoms with Gasteiger partial charge in [0, 0.05) is 29.7 Å². The first-order valence-electron chi connectivity index (χ1n) is 13.5. The third-order valence-electron chi connectivity index (χ3n) is 6.82. The first-order chi connectivity index (χ1) is 21.1. The molecule has 0 N–H and O–H groups in total. The lowest BCUT2D eigenvalue weighted by atomic mass is 9.98. The van der Waals surface area contributed by atoms with E-state index in [9.17, 15) is 48.3 Å². The van der Waals surface area contributed by atoms with Crippen molar-refractivity contribution in [3.63, 3.8) is 0 Å². The molecule has 238 valence electrons. The maximum Gasteiger partial charge on any atom is 0.426 e. The van der Waals surface area contributed by atoms with Gasteiger partial charge in [-0.25, -0.2) is 26.3 Å². The van der Waals surface area contributed by atoms with Crippen LogP contribution in [0.25, 0.3) is 17.0 Å². The zero-order valence-electron chi connectivity index (χ0n) is 23.3. The fraction of sp³-hybridized carbons (Fsp3) is 0.212. The SMILES string of the molecule is CCCC(F)=C(F)c1ccc(-c2cc(F)c(CCc3ccc(C(F)(F)Oc4cc(F)c(C(F)(F)F)c(F)c4)cc3)c(F)c2)cc1. The highest BCUT2D eigenvalue weighted by atomic mass is 19.4. The molecule has 0 saturated carbocycles. The number of aryl methyl sites for hydroxylation is 1. The van der Waals surface area contributed by atoms with Crippen LogP contribution in [0.1, 0.15) is 47.6 Å². The Labute approximate surface area is 250 Å². The number of allylic oxidation sites excluding steroid dienone is 1. The van der Waals surface area contributed by atoms with Crippen LogP contribution in [0.5, 0.6) is 5.75 Å². The van der Waals surface area contributed by atoms with E-state index in [0.717, 1.165) is 24.3 Å². The quantitative estimate of drug-likeness (QED) is 0.156. The van der Waals surface area contributed by atoms with Crippen LogP contribution < -0.4 is 4.74 Å². The first-order valence-corrected chi connectivity index (χ1v) is 13.5. The Morgan fingerprint density at radius 3 is 1.73 bits per heavy atom. The van der Waals surface area contributed by atoms with Crippen molar-refractivity contribution >= 4 is 5.83 Å². The average Bonchev–Trinajstić information content (AvgIpc) is 2.95. The van der Waals surface area contributed by atoms with Crippen molar-refractivity contribution < 1.29 is 53.0 Å². The van der Waals surface area contributed by atoms with Crippen molar-refractivity contribution in [1.82, 2.24) is 0 Å².